The zero-order valence-corrected chi connectivity index (χ0v) is 18.5. The molecule has 0 bridgehead atoms. The van der Waals surface area contributed by atoms with Gasteiger partial charge in [0, 0.05) is 29.2 Å². The van der Waals surface area contributed by atoms with E-state index >= 15 is 0 Å². The third-order valence-electron chi connectivity index (χ3n) is 5.92. The van der Waals surface area contributed by atoms with Gasteiger partial charge in [0.25, 0.3) is 0 Å². The number of aromatic nitrogens is 1. The van der Waals surface area contributed by atoms with Gasteiger partial charge in [-0.15, -0.1) is 0 Å². The van der Waals surface area contributed by atoms with Crippen LogP contribution in [0.4, 0.5) is 0 Å². The molecule has 33 heavy (non-hydrogen) atoms. The van der Waals surface area contributed by atoms with E-state index in [9.17, 15) is 4.79 Å². The molecule has 1 aromatic heterocycles. The first kappa shape index (κ1) is 20.7. The molecule has 1 heterocycles. The normalized spacial score (nSPS) is 11.4. The molecule has 0 saturated heterocycles. The minimum Gasteiger partial charge on any atom is -0.342 e. The van der Waals surface area contributed by atoms with Gasteiger partial charge in [-0.2, -0.15) is 5.10 Å². The van der Waals surface area contributed by atoms with Crippen LogP contribution in [0, 0.1) is 6.92 Å². The minimum absolute atomic E-state index is 0.133. The maximum absolute atomic E-state index is 12.6. The van der Waals surface area contributed by atoms with Crippen LogP contribution in [-0.4, -0.2) is 16.7 Å². The lowest BCUT2D eigenvalue weighted by Gasteiger charge is -2.06. The fourth-order valence-corrected chi connectivity index (χ4v) is 4.23. The van der Waals surface area contributed by atoms with Crippen molar-refractivity contribution in [1.82, 2.24) is 9.99 Å². The topological polar surface area (TPSA) is 46.4 Å². The van der Waals surface area contributed by atoms with Crippen LogP contribution >= 0.6 is 0 Å². The standard InChI is InChI=1S/C29H25N3O/c1-21-13-15-22(16-14-21)19-32-20-25(27-11-4-5-12-28(27)32)18-30-31-29(33)17-24-9-6-8-23-7-2-3-10-26(23)24/h2-16,18,20H,17,19H2,1H3,(H,31,33)/b30-18-. The van der Waals surface area contributed by atoms with Crippen molar-refractivity contribution in [3.05, 3.63) is 119 Å². The van der Waals surface area contributed by atoms with Gasteiger partial charge in [0.15, 0.2) is 0 Å². The van der Waals surface area contributed by atoms with Crippen molar-refractivity contribution in [1.29, 1.82) is 0 Å². The van der Waals surface area contributed by atoms with Gasteiger partial charge in [-0.1, -0.05) is 90.5 Å². The van der Waals surface area contributed by atoms with E-state index < -0.39 is 0 Å². The third kappa shape index (κ3) is 4.55. The Balaban J connectivity index is 1.33. The van der Waals surface area contributed by atoms with Crippen LogP contribution in [0.15, 0.2) is 102 Å². The Bertz CT molecular complexity index is 1460. The van der Waals surface area contributed by atoms with Gasteiger partial charge in [0.05, 0.1) is 12.6 Å². The summed E-state index contributed by atoms with van der Waals surface area (Å²) < 4.78 is 2.22. The average Bonchev–Trinajstić information content (AvgIpc) is 3.18. The monoisotopic (exact) mass is 431 g/mol. The van der Waals surface area contributed by atoms with Gasteiger partial charge in [-0.25, -0.2) is 5.43 Å². The second-order valence-corrected chi connectivity index (χ2v) is 8.32. The summed E-state index contributed by atoms with van der Waals surface area (Å²) in [5.74, 6) is -0.133. The van der Waals surface area contributed by atoms with Crippen LogP contribution in [0.5, 0.6) is 0 Å². The van der Waals surface area contributed by atoms with Crippen molar-refractivity contribution >= 4 is 33.8 Å². The van der Waals surface area contributed by atoms with E-state index in [2.05, 4.69) is 76.7 Å². The van der Waals surface area contributed by atoms with E-state index in [0.29, 0.717) is 0 Å². The first-order valence-electron chi connectivity index (χ1n) is 11.1. The summed E-state index contributed by atoms with van der Waals surface area (Å²) in [6.07, 6.45) is 4.10. The molecule has 0 unspecified atom stereocenters. The molecular weight excluding hydrogens is 406 g/mol. The van der Waals surface area contributed by atoms with Crippen LogP contribution in [0.1, 0.15) is 22.3 Å². The van der Waals surface area contributed by atoms with E-state index in [1.807, 2.05) is 42.5 Å². The summed E-state index contributed by atoms with van der Waals surface area (Å²) in [5, 5.41) is 7.60. The SMILES string of the molecule is Cc1ccc(Cn2cc(/C=N\NC(=O)Cc3cccc4ccccc34)c3ccccc32)cc1. The van der Waals surface area contributed by atoms with Crippen LogP contribution < -0.4 is 5.43 Å². The van der Waals surface area contributed by atoms with Gasteiger partial charge < -0.3 is 4.57 Å². The zero-order valence-electron chi connectivity index (χ0n) is 18.5. The summed E-state index contributed by atoms with van der Waals surface area (Å²) >= 11 is 0. The molecule has 4 heteroatoms. The summed E-state index contributed by atoms with van der Waals surface area (Å²) in [6, 6.07) is 31.0. The maximum Gasteiger partial charge on any atom is 0.244 e. The molecule has 5 aromatic rings. The largest absolute Gasteiger partial charge is 0.342 e. The number of benzene rings is 4. The number of hydrogen-bond acceptors (Lipinski definition) is 2. The van der Waals surface area contributed by atoms with Gasteiger partial charge in [-0.3, -0.25) is 4.79 Å². The summed E-state index contributed by atoms with van der Waals surface area (Å²) in [5.41, 5.74) is 8.30. The Labute approximate surface area is 193 Å². The van der Waals surface area contributed by atoms with E-state index in [4.69, 9.17) is 0 Å². The molecule has 1 N–H and O–H groups in total. The Hall–Kier alpha value is -4.18. The second kappa shape index (κ2) is 9.13. The highest BCUT2D eigenvalue weighted by molar-refractivity contribution is 6.00. The Morgan fingerprint density at radius 2 is 1.61 bits per heavy atom. The van der Waals surface area contributed by atoms with E-state index in [0.717, 1.165) is 39.3 Å². The fraction of sp³-hybridized carbons (Fsp3) is 0.103. The number of hydrogen-bond donors (Lipinski definition) is 1. The van der Waals surface area contributed by atoms with Crippen LogP contribution in [0.25, 0.3) is 21.7 Å². The van der Waals surface area contributed by atoms with Crippen molar-refractivity contribution in [3.8, 4) is 0 Å². The van der Waals surface area contributed by atoms with Crippen molar-refractivity contribution < 1.29 is 4.79 Å². The van der Waals surface area contributed by atoms with E-state index in [-0.39, 0.29) is 12.3 Å². The quantitative estimate of drug-likeness (QED) is 0.266. The smallest absolute Gasteiger partial charge is 0.244 e. The lowest BCUT2D eigenvalue weighted by atomic mass is 10.0. The number of rotatable bonds is 6. The Kier molecular flexibility index (Phi) is 5.73. The number of nitrogens with one attached hydrogen (secondary N) is 1. The highest BCUT2D eigenvalue weighted by Crippen LogP contribution is 2.22. The highest BCUT2D eigenvalue weighted by Gasteiger charge is 2.09. The molecule has 4 aromatic carbocycles. The molecule has 0 saturated carbocycles. The number of nitrogens with zero attached hydrogens (tertiary/aromatic N) is 2. The van der Waals surface area contributed by atoms with Crippen molar-refractivity contribution in [3.63, 3.8) is 0 Å². The van der Waals surface area contributed by atoms with Gasteiger partial charge in [0.1, 0.15) is 0 Å². The predicted octanol–water partition coefficient (Wildman–Crippen LogP) is 5.84. The van der Waals surface area contributed by atoms with Gasteiger partial charge >= 0.3 is 0 Å². The third-order valence-corrected chi connectivity index (χ3v) is 5.92. The van der Waals surface area contributed by atoms with Crippen LogP contribution in [-0.2, 0) is 17.8 Å². The first-order chi connectivity index (χ1) is 16.2. The van der Waals surface area contributed by atoms with Crippen molar-refractivity contribution in [2.24, 2.45) is 5.10 Å². The van der Waals surface area contributed by atoms with Crippen LogP contribution in [0.3, 0.4) is 0 Å². The molecule has 0 aliphatic heterocycles. The zero-order chi connectivity index (χ0) is 22.6. The molecule has 5 rings (SSSR count). The van der Waals surface area contributed by atoms with Crippen molar-refractivity contribution in [2.75, 3.05) is 0 Å². The number of para-hydroxylation sites is 1. The molecule has 162 valence electrons. The lowest BCUT2D eigenvalue weighted by Crippen LogP contribution is -2.19. The molecule has 1 amide bonds. The highest BCUT2D eigenvalue weighted by atomic mass is 16.2. The van der Waals surface area contributed by atoms with E-state index in [1.54, 1.807) is 6.21 Å². The number of amides is 1. The second-order valence-electron chi connectivity index (χ2n) is 8.32. The average molecular weight is 432 g/mol. The fourth-order valence-electron chi connectivity index (χ4n) is 4.23. The van der Waals surface area contributed by atoms with Crippen LogP contribution in [0.2, 0.25) is 0 Å². The summed E-state index contributed by atoms with van der Waals surface area (Å²) in [6.45, 7) is 2.88. The molecule has 0 fully saturated rings. The molecule has 4 nitrogen and oxygen atoms in total. The molecule has 0 atom stereocenters. The number of aryl methyl sites for hydroxylation is 1. The number of carbonyl (C=O) groups excluding carboxylic acids is 1. The molecule has 0 aliphatic rings. The molecule has 0 radical (unpaired) electrons. The molecule has 0 aliphatic carbocycles. The van der Waals surface area contributed by atoms with Gasteiger partial charge in [-0.05, 0) is 34.9 Å². The Morgan fingerprint density at radius 1 is 0.879 bits per heavy atom. The molecule has 0 spiro atoms. The predicted molar refractivity (Wildman–Crippen MR) is 136 cm³/mol. The lowest BCUT2D eigenvalue weighted by molar-refractivity contribution is -0.120. The first-order valence-corrected chi connectivity index (χ1v) is 11.1. The maximum atomic E-state index is 12.6. The number of hydrazone groups is 1. The van der Waals surface area contributed by atoms with E-state index in [1.165, 1.54) is 11.1 Å². The number of fused-ring (bicyclic) bond motifs is 2. The molecular formula is C29H25N3O. The summed E-state index contributed by atoms with van der Waals surface area (Å²) in [7, 11) is 0. The summed E-state index contributed by atoms with van der Waals surface area (Å²) in [4.78, 5) is 12.6. The Morgan fingerprint density at radius 3 is 2.45 bits per heavy atom. The number of carbonyl (C=O) groups is 1. The van der Waals surface area contributed by atoms with Gasteiger partial charge in [0.2, 0.25) is 5.91 Å². The van der Waals surface area contributed by atoms with Crippen molar-refractivity contribution in [2.45, 2.75) is 19.9 Å². The minimum atomic E-state index is -0.133.